The number of fused-ring (bicyclic) bond motifs is 1. The molecule has 1 aliphatic heterocycles. The highest BCUT2D eigenvalue weighted by Gasteiger charge is 2.25. The second-order valence-corrected chi connectivity index (χ2v) is 6.29. The van der Waals surface area contributed by atoms with E-state index in [4.69, 9.17) is 9.26 Å². The maximum absolute atomic E-state index is 12.8. The molecule has 1 aliphatic rings. The zero-order valence-corrected chi connectivity index (χ0v) is 14.1. The van der Waals surface area contributed by atoms with E-state index in [1.807, 2.05) is 29.2 Å². The second-order valence-electron chi connectivity index (χ2n) is 6.29. The summed E-state index contributed by atoms with van der Waals surface area (Å²) < 4.78 is 10.9. The highest BCUT2D eigenvalue weighted by atomic mass is 16.5. The Balaban J connectivity index is 1.34. The summed E-state index contributed by atoms with van der Waals surface area (Å²) in [7, 11) is 0. The normalized spacial score (nSPS) is 15.8. The SMILES string of the molecule is Cc1noc(COC2CCN(C(=O)c3c[nH]c4ccccc34)CC2)n1. The Bertz CT molecular complexity index is 877. The molecule has 3 aromatic rings. The molecule has 2 aromatic heterocycles. The Labute approximate surface area is 145 Å². The number of ether oxygens (including phenoxy) is 1. The monoisotopic (exact) mass is 340 g/mol. The summed E-state index contributed by atoms with van der Waals surface area (Å²) in [6.45, 7) is 3.47. The van der Waals surface area contributed by atoms with E-state index in [1.54, 1.807) is 13.1 Å². The third-order valence-electron chi connectivity index (χ3n) is 4.56. The molecule has 3 heterocycles. The largest absolute Gasteiger partial charge is 0.368 e. The fourth-order valence-electron chi connectivity index (χ4n) is 3.23. The lowest BCUT2D eigenvalue weighted by Crippen LogP contribution is -2.40. The number of H-pyrrole nitrogens is 1. The van der Waals surface area contributed by atoms with Gasteiger partial charge in [0.05, 0.1) is 11.7 Å². The van der Waals surface area contributed by atoms with E-state index in [2.05, 4.69) is 15.1 Å². The van der Waals surface area contributed by atoms with Crippen molar-refractivity contribution in [3.05, 3.63) is 47.7 Å². The number of aryl methyl sites for hydroxylation is 1. The molecule has 0 spiro atoms. The highest BCUT2D eigenvalue weighted by molar-refractivity contribution is 6.06. The maximum Gasteiger partial charge on any atom is 0.256 e. The predicted octanol–water partition coefficient (Wildman–Crippen LogP) is 2.68. The van der Waals surface area contributed by atoms with Gasteiger partial charge in [-0.25, -0.2) is 0 Å². The number of piperidine rings is 1. The summed E-state index contributed by atoms with van der Waals surface area (Å²) in [6, 6.07) is 7.86. The van der Waals surface area contributed by atoms with Crippen LogP contribution in [0, 0.1) is 6.92 Å². The van der Waals surface area contributed by atoms with Crippen LogP contribution in [0.3, 0.4) is 0 Å². The fraction of sp³-hybridized carbons (Fsp3) is 0.389. The highest BCUT2D eigenvalue weighted by Crippen LogP contribution is 2.22. The van der Waals surface area contributed by atoms with E-state index in [9.17, 15) is 4.79 Å². The van der Waals surface area contributed by atoms with Gasteiger partial charge < -0.3 is 19.1 Å². The van der Waals surface area contributed by atoms with Gasteiger partial charge in [-0.1, -0.05) is 23.4 Å². The second kappa shape index (κ2) is 6.68. The van der Waals surface area contributed by atoms with Crippen molar-refractivity contribution in [3.63, 3.8) is 0 Å². The van der Waals surface area contributed by atoms with Gasteiger partial charge in [-0.15, -0.1) is 0 Å². The fourth-order valence-corrected chi connectivity index (χ4v) is 3.23. The first-order valence-electron chi connectivity index (χ1n) is 8.47. The molecule has 0 aliphatic carbocycles. The average molecular weight is 340 g/mol. The van der Waals surface area contributed by atoms with Gasteiger partial charge in [-0.05, 0) is 25.8 Å². The number of likely N-dealkylation sites (tertiary alicyclic amines) is 1. The van der Waals surface area contributed by atoms with E-state index in [0.717, 1.165) is 29.3 Å². The molecule has 7 heteroatoms. The summed E-state index contributed by atoms with van der Waals surface area (Å²) >= 11 is 0. The number of nitrogens with one attached hydrogen (secondary N) is 1. The zero-order valence-electron chi connectivity index (χ0n) is 14.1. The van der Waals surface area contributed by atoms with Crippen LogP contribution in [0.2, 0.25) is 0 Å². The molecule has 1 N–H and O–H groups in total. The molecule has 1 aromatic carbocycles. The molecule has 4 rings (SSSR count). The Morgan fingerprint density at radius 2 is 2.16 bits per heavy atom. The molecule has 0 saturated carbocycles. The minimum atomic E-state index is 0.0726. The van der Waals surface area contributed by atoms with Gasteiger partial charge in [-0.2, -0.15) is 4.98 Å². The Morgan fingerprint density at radius 3 is 2.92 bits per heavy atom. The van der Waals surface area contributed by atoms with Gasteiger partial charge in [0, 0.05) is 30.2 Å². The first-order valence-corrected chi connectivity index (χ1v) is 8.47. The third kappa shape index (κ3) is 3.28. The van der Waals surface area contributed by atoms with Crippen LogP contribution in [-0.2, 0) is 11.3 Å². The van der Waals surface area contributed by atoms with Crippen LogP contribution in [0.5, 0.6) is 0 Å². The van der Waals surface area contributed by atoms with Crippen LogP contribution in [0.1, 0.15) is 34.9 Å². The Morgan fingerprint density at radius 1 is 1.36 bits per heavy atom. The lowest BCUT2D eigenvalue weighted by Gasteiger charge is -2.31. The van der Waals surface area contributed by atoms with E-state index >= 15 is 0 Å². The van der Waals surface area contributed by atoms with Gasteiger partial charge in [0.2, 0.25) is 0 Å². The molecule has 1 saturated heterocycles. The minimum absolute atomic E-state index is 0.0726. The summed E-state index contributed by atoms with van der Waals surface area (Å²) in [6.07, 6.45) is 3.52. The third-order valence-corrected chi connectivity index (χ3v) is 4.56. The Kier molecular flexibility index (Phi) is 4.23. The molecule has 0 bridgehead atoms. The predicted molar refractivity (Wildman–Crippen MR) is 91.0 cm³/mol. The van der Waals surface area contributed by atoms with Gasteiger partial charge in [0.15, 0.2) is 5.82 Å². The van der Waals surface area contributed by atoms with Crippen molar-refractivity contribution in [2.75, 3.05) is 13.1 Å². The van der Waals surface area contributed by atoms with Crippen molar-refractivity contribution in [3.8, 4) is 0 Å². The van der Waals surface area contributed by atoms with E-state index in [1.165, 1.54) is 0 Å². The van der Waals surface area contributed by atoms with E-state index in [0.29, 0.717) is 31.4 Å². The topological polar surface area (TPSA) is 84.3 Å². The molecule has 0 unspecified atom stereocenters. The number of carbonyl (C=O) groups excluding carboxylic acids is 1. The number of hydrogen-bond donors (Lipinski definition) is 1. The number of hydrogen-bond acceptors (Lipinski definition) is 5. The number of aromatic nitrogens is 3. The number of amides is 1. The molecule has 25 heavy (non-hydrogen) atoms. The van der Waals surface area contributed by atoms with Crippen LogP contribution in [0.15, 0.2) is 35.0 Å². The number of para-hydroxylation sites is 1. The van der Waals surface area contributed by atoms with Gasteiger partial charge >= 0.3 is 0 Å². The summed E-state index contributed by atoms with van der Waals surface area (Å²) in [5.41, 5.74) is 1.72. The van der Waals surface area contributed by atoms with Crippen LogP contribution in [-0.4, -0.2) is 45.1 Å². The average Bonchev–Trinajstić information content (AvgIpc) is 3.26. The van der Waals surface area contributed by atoms with Crippen molar-refractivity contribution >= 4 is 16.8 Å². The molecule has 0 atom stereocenters. The van der Waals surface area contributed by atoms with Crippen molar-refractivity contribution in [1.29, 1.82) is 0 Å². The van der Waals surface area contributed by atoms with Crippen molar-refractivity contribution in [2.24, 2.45) is 0 Å². The van der Waals surface area contributed by atoms with Gasteiger partial charge in [0.25, 0.3) is 11.8 Å². The van der Waals surface area contributed by atoms with Crippen LogP contribution < -0.4 is 0 Å². The molecule has 130 valence electrons. The quantitative estimate of drug-likeness (QED) is 0.789. The molecule has 7 nitrogen and oxygen atoms in total. The number of benzene rings is 1. The molecular weight excluding hydrogens is 320 g/mol. The first kappa shape index (κ1) is 15.8. The van der Waals surface area contributed by atoms with Crippen LogP contribution >= 0.6 is 0 Å². The molecule has 1 amide bonds. The number of nitrogens with zero attached hydrogens (tertiary/aromatic N) is 3. The van der Waals surface area contributed by atoms with Crippen molar-refractivity contribution < 1.29 is 14.1 Å². The molecule has 0 radical (unpaired) electrons. The molecule has 1 fully saturated rings. The number of rotatable bonds is 4. The summed E-state index contributed by atoms with van der Waals surface area (Å²) in [5, 5.41) is 4.72. The molecular formula is C18H20N4O3. The maximum atomic E-state index is 12.8. The summed E-state index contributed by atoms with van der Waals surface area (Å²) in [4.78, 5) is 22.0. The number of carbonyl (C=O) groups is 1. The minimum Gasteiger partial charge on any atom is -0.368 e. The van der Waals surface area contributed by atoms with E-state index in [-0.39, 0.29) is 12.0 Å². The number of aromatic amines is 1. The summed E-state index contributed by atoms with van der Waals surface area (Å²) in [5.74, 6) is 1.18. The van der Waals surface area contributed by atoms with Gasteiger partial charge in [0.1, 0.15) is 6.61 Å². The zero-order chi connectivity index (χ0) is 17.2. The van der Waals surface area contributed by atoms with Crippen molar-refractivity contribution in [1.82, 2.24) is 20.0 Å². The van der Waals surface area contributed by atoms with E-state index < -0.39 is 0 Å². The lowest BCUT2D eigenvalue weighted by molar-refractivity contribution is -0.00974. The van der Waals surface area contributed by atoms with Crippen LogP contribution in [0.25, 0.3) is 10.9 Å². The smallest absolute Gasteiger partial charge is 0.256 e. The van der Waals surface area contributed by atoms with Gasteiger partial charge in [-0.3, -0.25) is 4.79 Å². The van der Waals surface area contributed by atoms with Crippen molar-refractivity contribution in [2.45, 2.75) is 32.5 Å². The van der Waals surface area contributed by atoms with Crippen LogP contribution in [0.4, 0.5) is 0 Å². The first-order chi connectivity index (χ1) is 12.2. The Hall–Kier alpha value is -2.67. The lowest BCUT2D eigenvalue weighted by atomic mass is 10.1. The standard InChI is InChI=1S/C18H20N4O3/c1-12-20-17(25-21-12)11-24-13-6-8-22(9-7-13)18(23)15-10-19-16-5-3-2-4-14(15)16/h2-5,10,13,19H,6-9,11H2,1H3.